The molecule has 1 aromatic heterocycles. The number of aryl methyl sites for hydroxylation is 2. The van der Waals surface area contributed by atoms with E-state index in [1.165, 1.54) is 11.8 Å². The third-order valence-electron chi connectivity index (χ3n) is 4.73. The molecule has 1 aromatic carbocycles. The smallest absolute Gasteiger partial charge is 0.230 e. The molecule has 30 heavy (non-hydrogen) atoms. The molecular formula is C22H26N4O3S. The van der Waals surface area contributed by atoms with E-state index in [2.05, 4.69) is 35.2 Å². The predicted molar refractivity (Wildman–Crippen MR) is 115 cm³/mol. The molecule has 0 aliphatic carbocycles. The summed E-state index contributed by atoms with van der Waals surface area (Å²) in [5.41, 5.74) is 2.01. The number of nitrogens with zero attached hydrogens (tertiary/aromatic N) is 3. The zero-order valence-electron chi connectivity index (χ0n) is 17.7. The first-order chi connectivity index (χ1) is 14.4. The van der Waals surface area contributed by atoms with Gasteiger partial charge in [-0.05, 0) is 37.5 Å². The molecule has 0 bridgehead atoms. The largest absolute Gasteiger partial charge is 0.490 e. The van der Waals surface area contributed by atoms with Crippen LogP contribution in [0.2, 0.25) is 0 Å². The lowest BCUT2D eigenvalue weighted by atomic mass is 9.95. The second-order valence-corrected chi connectivity index (χ2v) is 8.45. The number of carbonyl (C=O) groups is 1. The number of amides is 1. The molecule has 0 saturated carbocycles. The maximum atomic E-state index is 12.7. The Balaban J connectivity index is 1.71. The lowest BCUT2D eigenvalue weighted by Crippen LogP contribution is -2.33. The fraction of sp³-hybridized carbons (Fsp3) is 0.455. The van der Waals surface area contributed by atoms with Gasteiger partial charge in [0.15, 0.2) is 11.5 Å². The van der Waals surface area contributed by atoms with Gasteiger partial charge in [-0.15, -0.1) is 0 Å². The second kappa shape index (κ2) is 9.81. The summed E-state index contributed by atoms with van der Waals surface area (Å²) in [5.74, 6) is 2.26. The fourth-order valence-electron chi connectivity index (χ4n) is 3.27. The van der Waals surface area contributed by atoms with E-state index in [1.807, 2.05) is 18.2 Å². The van der Waals surface area contributed by atoms with Crippen molar-refractivity contribution in [3.05, 3.63) is 40.8 Å². The van der Waals surface area contributed by atoms with Gasteiger partial charge in [-0.1, -0.05) is 31.7 Å². The highest BCUT2D eigenvalue weighted by Crippen LogP contribution is 2.34. The molecule has 1 atom stereocenters. The highest BCUT2D eigenvalue weighted by molar-refractivity contribution is 8.00. The van der Waals surface area contributed by atoms with Crippen molar-refractivity contribution in [2.75, 3.05) is 19.0 Å². The van der Waals surface area contributed by atoms with Gasteiger partial charge in [0.2, 0.25) is 5.91 Å². The Morgan fingerprint density at radius 3 is 2.67 bits per heavy atom. The van der Waals surface area contributed by atoms with Crippen molar-refractivity contribution < 1.29 is 14.3 Å². The summed E-state index contributed by atoms with van der Waals surface area (Å²) in [6, 6.07) is 7.78. The fourth-order valence-corrected chi connectivity index (χ4v) is 4.16. The molecule has 0 saturated heterocycles. The Labute approximate surface area is 181 Å². The first kappa shape index (κ1) is 21.9. The molecule has 2 heterocycles. The molecule has 7 nitrogen and oxygen atoms in total. The van der Waals surface area contributed by atoms with Crippen molar-refractivity contribution in [2.45, 2.75) is 45.2 Å². The van der Waals surface area contributed by atoms with E-state index in [4.69, 9.17) is 9.47 Å². The molecule has 1 aliphatic rings. The number of hydrogen-bond donors (Lipinski definition) is 1. The average molecular weight is 427 g/mol. The molecule has 0 radical (unpaired) electrons. The molecule has 0 spiro atoms. The van der Waals surface area contributed by atoms with E-state index in [-0.39, 0.29) is 23.6 Å². The van der Waals surface area contributed by atoms with E-state index in [1.54, 1.807) is 13.8 Å². The van der Waals surface area contributed by atoms with E-state index in [0.717, 1.165) is 17.7 Å². The van der Waals surface area contributed by atoms with Crippen molar-refractivity contribution >= 4 is 17.7 Å². The maximum absolute atomic E-state index is 12.7. The zero-order valence-corrected chi connectivity index (χ0v) is 18.5. The Hall–Kier alpha value is -2.79. The standard InChI is InChI=1S/C22H26N4O3S/c1-13(2)21(16-6-7-18-19(10-16)29-9-5-8-28-18)26-20(27)12-30-22-17(11-23)14(3)24-15(4)25-22/h6-7,10,13,21H,5,8-9,12H2,1-4H3,(H,26,27). The summed E-state index contributed by atoms with van der Waals surface area (Å²) in [6.45, 7) is 8.93. The summed E-state index contributed by atoms with van der Waals surface area (Å²) in [5, 5.41) is 13.0. The Morgan fingerprint density at radius 1 is 1.23 bits per heavy atom. The summed E-state index contributed by atoms with van der Waals surface area (Å²) >= 11 is 1.25. The number of carbonyl (C=O) groups excluding carboxylic acids is 1. The zero-order chi connectivity index (χ0) is 21.7. The van der Waals surface area contributed by atoms with Crippen LogP contribution in [0.15, 0.2) is 23.2 Å². The molecule has 8 heteroatoms. The first-order valence-corrected chi connectivity index (χ1v) is 10.9. The number of nitriles is 1. The van der Waals surface area contributed by atoms with Crippen molar-refractivity contribution in [1.29, 1.82) is 5.26 Å². The topological polar surface area (TPSA) is 97.1 Å². The molecule has 2 aromatic rings. The number of benzene rings is 1. The SMILES string of the molecule is Cc1nc(C)c(C#N)c(SCC(=O)NC(c2ccc3c(c2)OCCCO3)C(C)C)n1. The molecule has 1 aliphatic heterocycles. The van der Waals surface area contributed by atoms with Crippen LogP contribution >= 0.6 is 11.8 Å². The summed E-state index contributed by atoms with van der Waals surface area (Å²) in [4.78, 5) is 21.2. The monoisotopic (exact) mass is 426 g/mol. The molecule has 3 rings (SSSR count). The van der Waals surface area contributed by atoms with E-state index >= 15 is 0 Å². The Kier molecular flexibility index (Phi) is 7.16. The molecule has 0 fully saturated rings. The number of aromatic nitrogens is 2. The van der Waals surface area contributed by atoms with Crippen LogP contribution in [0.4, 0.5) is 0 Å². The summed E-state index contributed by atoms with van der Waals surface area (Å²) in [6.07, 6.45) is 0.845. The van der Waals surface area contributed by atoms with Crippen LogP contribution in [-0.4, -0.2) is 34.8 Å². The van der Waals surface area contributed by atoms with Gasteiger partial charge in [-0.25, -0.2) is 9.97 Å². The van der Waals surface area contributed by atoms with E-state index in [9.17, 15) is 10.1 Å². The van der Waals surface area contributed by atoms with Crippen molar-refractivity contribution in [1.82, 2.24) is 15.3 Å². The Bertz CT molecular complexity index is 972. The number of nitrogens with one attached hydrogen (secondary N) is 1. The minimum atomic E-state index is -0.167. The van der Waals surface area contributed by atoms with Crippen LogP contribution in [0, 0.1) is 31.1 Å². The van der Waals surface area contributed by atoms with E-state index in [0.29, 0.717) is 41.1 Å². The number of ether oxygens (including phenoxy) is 2. The normalized spacial score (nSPS) is 14.0. The van der Waals surface area contributed by atoms with Crippen molar-refractivity contribution in [3.63, 3.8) is 0 Å². The van der Waals surface area contributed by atoms with Gasteiger partial charge in [0.1, 0.15) is 22.5 Å². The third-order valence-corrected chi connectivity index (χ3v) is 5.71. The van der Waals surface area contributed by atoms with Gasteiger partial charge in [0.25, 0.3) is 0 Å². The van der Waals surface area contributed by atoms with Crippen LogP contribution in [0.1, 0.15) is 49.0 Å². The van der Waals surface area contributed by atoms with Crippen molar-refractivity contribution in [3.8, 4) is 17.6 Å². The molecular weight excluding hydrogens is 400 g/mol. The van der Waals surface area contributed by atoms with Crippen LogP contribution in [0.25, 0.3) is 0 Å². The van der Waals surface area contributed by atoms with Gasteiger partial charge in [-0.3, -0.25) is 4.79 Å². The van der Waals surface area contributed by atoms with Crippen LogP contribution in [0.3, 0.4) is 0 Å². The maximum Gasteiger partial charge on any atom is 0.230 e. The first-order valence-electron chi connectivity index (χ1n) is 9.96. The van der Waals surface area contributed by atoms with E-state index < -0.39 is 0 Å². The average Bonchev–Trinajstić information content (AvgIpc) is 2.94. The molecule has 1 unspecified atom stereocenters. The number of thioether (sulfide) groups is 1. The number of fused-ring (bicyclic) bond motifs is 1. The summed E-state index contributed by atoms with van der Waals surface area (Å²) in [7, 11) is 0. The van der Waals surface area contributed by atoms with Crippen molar-refractivity contribution in [2.24, 2.45) is 5.92 Å². The summed E-state index contributed by atoms with van der Waals surface area (Å²) < 4.78 is 11.5. The van der Waals surface area contributed by atoms with Crippen LogP contribution < -0.4 is 14.8 Å². The number of hydrogen-bond acceptors (Lipinski definition) is 7. The van der Waals surface area contributed by atoms with Gasteiger partial charge in [0, 0.05) is 6.42 Å². The minimum absolute atomic E-state index is 0.122. The highest BCUT2D eigenvalue weighted by Gasteiger charge is 2.22. The highest BCUT2D eigenvalue weighted by atomic mass is 32.2. The molecule has 1 amide bonds. The van der Waals surface area contributed by atoms with Gasteiger partial charge in [0.05, 0.1) is 30.7 Å². The number of rotatable bonds is 6. The quantitative estimate of drug-likeness (QED) is 0.555. The third kappa shape index (κ3) is 5.22. The lowest BCUT2D eigenvalue weighted by Gasteiger charge is -2.24. The van der Waals surface area contributed by atoms with Gasteiger partial charge < -0.3 is 14.8 Å². The molecule has 158 valence electrons. The lowest BCUT2D eigenvalue weighted by molar-refractivity contribution is -0.119. The van der Waals surface area contributed by atoms with Crippen LogP contribution in [-0.2, 0) is 4.79 Å². The molecule has 1 N–H and O–H groups in total. The minimum Gasteiger partial charge on any atom is -0.490 e. The Morgan fingerprint density at radius 2 is 1.97 bits per heavy atom. The van der Waals surface area contributed by atoms with Crippen LogP contribution in [0.5, 0.6) is 11.5 Å². The van der Waals surface area contributed by atoms with Gasteiger partial charge >= 0.3 is 0 Å². The van der Waals surface area contributed by atoms with Gasteiger partial charge in [-0.2, -0.15) is 5.26 Å². The second-order valence-electron chi connectivity index (χ2n) is 7.48. The predicted octanol–water partition coefficient (Wildman–Crippen LogP) is 3.73.